The van der Waals surface area contributed by atoms with Crippen molar-refractivity contribution in [1.29, 1.82) is 0 Å². The van der Waals surface area contributed by atoms with Gasteiger partial charge in [0.15, 0.2) is 22.9 Å². The highest BCUT2D eigenvalue weighted by atomic mass is 31.3. The molecule has 0 amide bonds. The summed E-state index contributed by atoms with van der Waals surface area (Å²) < 4.78 is 33.6. The fourth-order valence-electron chi connectivity index (χ4n) is 4.64. The zero-order valence-corrected chi connectivity index (χ0v) is 27.8. The Morgan fingerprint density at radius 1 is 0.750 bits per heavy atom. The van der Waals surface area contributed by atoms with Gasteiger partial charge in [0.1, 0.15) is 23.7 Å². The zero-order valence-electron chi connectivity index (χ0n) is 26.0. The Balaban J connectivity index is 0.000000676. The number of imidazole rings is 2. The van der Waals surface area contributed by atoms with E-state index in [2.05, 4.69) is 55.6 Å². The van der Waals surface area contributed by atoms with E-state index in [1.54, 1.807) is 21.8 Å². The van der Waals surface area contributed by atoms with Crippen molar-refractivity contribution in [2.24, 2.45) is 11.8 Å². The van der Waals surface area contributed by atoms with Crippen molar-refractivity contribution in [3.63, 3.8) is 0 Å². The maximum atomic E-state index is 12.6. The lowest BCUT2D eigenvalue weighted by molar-refractivity contribution is 0.321. The SMILES string of the molecule is CCN(CC)CC.C[C@@H](CCP(=O)(O)OP(=O)(O)CC[C@H](C)Cn1cnc2c(N)ncnc21)Cn1cnc2c(N)ncnc21. The molecule has 0 aliphatic rings. The van der Waals surface area contributed by atoms with Gasteiger partial charge in [-0.05, 0) is 44.3 Å². The van der Waals surface area contributed by atoms with Gasteiger partial charge in [-0.3, -0.25) is 9.13 Å². The number of hydrogen-bond acceptors (Lipinski definition) is 12. The molecular weight excluding hydrogens is 608 g/mol. The Labute approximate surface area is 257 Å². The molecular formula is C26H45N11O5P2. The van der Waals surface area contributed by atoms with Crippen LogP contribution in [0.4, 0.5) is 11.6 Å². The predicted molar refractivity (Wildman–Crippen MR) is 171 cm³/mol. The van der Waals surface area contributed by atoms with Crippen LogP contribution in [0.2, 0.25) is 0 Å². The van der Waals surface area contributed by atoms with Crippen LogP contribution in [0.15, 0.2) is 25.3 Å². The van der Waals surface area contributed by atoms with E-state index in [0.717, 1.165) is 0 Å². The minimum absolute atomic E-state index is 0.0707. The third kappa shape index (κ3) is 10.0. The smallest absolute Gasteiger partial charge is 0.335 e. The first kappa shape index (κ1) is 35.5. The zero-order chi connectivity index (χ0) is 32.5. The van der Waals surface area contributed by atoms with Gasteiger partial charge in [0.2, 0.25) is 0 Å². The van der Waals surface area contributed by atoms with Gasteiger partial charge in [0, 0.05) is 13.1 Å². The second kappa shape index (κ2) is 15.8. The third-order valence-corrected chi connectivity index (χ3v) is 11.0. The average molecular weight is 654 g/mol. The molecule has 0 bridgehead atoms. The van der Waals surface area contributed by atoms with Crippen molar-refractivity contribution in [2.75, 3.05) is 43.4 Å². The molecule has 4 heterocycles. The summed E-state index contributed by atoms with van der Waals surface area (Å²) in [5, 5.41) is 0. The van der Waals surface area contributed by atoms with Crippen LogP contribution < -0.4 is 11.5 Å². The normalized spacial score (nSPS) is 15.9. The maximum Gasteiger partial charge on any atom is 0.335 e. The van der Waals surface area contributed by atoms with Crippen LogP contribution in [0, 0.1) is 11.8 Å². The molecule has 0 radical (unpaired) electrons. The predicted octanol–water partition coefficient (Wildman–Crippen LogP) is 3.62. The molecule has 0 aliphatic heterocycles. The lowest BCUT2D eigenvalue weighted by atomic mass is 10.1. The highest BCUT2D eigenvalue weighted by Gasteiger charge is 2.32. The van der Waals surface area contributed by atoms with Crippen molar-refractivity contribution >= 4 is 49.2 Å². The highest BCUT2D eigenvalue weighted by molar-refractivity contribution is 7.66. The molecule has 0 aliphatic carbocycles. The van der Waals surface area contributed by atoms with E-state index in [1.807, 2.05) is 13.8 Å². The van der Waals surface area contributed by atoms with E-state index < -0.39 is 15.2 Å². The number of anilines is 2. The van der Waals surface area contributed by atoms with Gasteiger partial charge < -0.3 is 35.3 Å². The van der Waals surface area contributed by atoms with Gasteiger partial charge in [-0.15, -0.1) is 0 Å². The number of rotatable bonds is 15. The molecule has 16 nitrogen and oxygen atoms in total. The van der Waals surface area contributed by atoms with Gasteiger partial charge >= 0.3 is 15.2 Å². The largest absolute Gasteiger partial charge is 0.382 e. The van der Waals surface area contributed by atoms with Crippen LogP contribution in [0.1, 0.15) is 47.5 Å². The summed E-state index contributed by atoms with van der Waals surface area (Å²) in [7, 11) is -8.60. The second-order valence-electron chi connectivity index (χ2n) is 10.9. The van der Waals surface area contributed by atoms with Crippen LogP contribution in [-0.4, -0.2) is 85.7 Å². The molecule has 0 spiro atoms. The Morgan fingerprint density at radius 2 is 1.14 bits per heavy atom. The van der Waals surface area contributed by atoms with Crippen LogP contribution in [-0.2, 0) is 26.5 Å². The van der Waals surface area contributed by atoms with Gasteiger partial charge in [-0.25, -0.2) is 34.2 Å². The van der Waals surface area contributed by atoms with Crippen molar-refractivity contribution < 1.29 is 23.2 Å². The number of nitrogens with zero attached hydrogens (tertiary/aromatic N) is 9. The molecule has 18 heteroatoms. The van der Waals surface area contributed by atoms with E-state index >= 15 is 0 Å². The fourth-order valence-corrected chi connectivity index (χ4v) is 8.42. The highest BCUT2D eigenvalue weighted by Crippen LogP contribution is 2.60. The van der Waals surface area contributed by atoms with Gasteiger partial charge in [0.05, 0.1) is 25.0 Å². The van der Waals surface area contributed by atoms with E-state index in [0.29, 0.717) is 35.4 Å². The first-order valence-electron chi connectivity index (χ1n) is 14.7. The third-order valence-electron chi connectivity index (χ3n) is 7.28. The van der Waals surface area contributed by atoms with Gasteiger partial charge in [0.25, 0.3) is 0 Å². The Morgan fingerprint density at radius 3 is 1.48 bits per heavy atom. The number of aromatic nitrogens is 8. The van der Waals surface area contributed by atoms with Crippen molar-refractivity contribution in [3.8, 4) is 0 Å². The molecule has 2 unspecified atom stereocenters. The monoisotopic (exact) mass is 653 g/mol. The molecule has 4 atom stereocenters. The molecule has 244 valence electrons. The Bertz CT molecular complexity index is 1480. The molecule has 4 rings (SSSR count). The average Bonchev–Trinajstić information content (AvgIpc) is 3.57. The lowest BCUT2D eigenvalue weighted by Crippen LogP contribution is -2.21. The first-order valence-corrected chi connectivity index (χ1v) is 18.2. The quantitative estimate of drug-likeness (QED) is 0.134. The Hall–Kier alpha value is -3.00. The molecule has 6 N–H and O–H groups in total. The van der Waals surface area contributed by atoms with E-state index in [9.17, 15) is 18.9 Å². The lowest BCUT2D eigenvalue weighted by Gasteiger charge is -2.20. The summed E-state index contributed by atoms with van der Waals surface area (Å²) >= 11 is 0. The molecule has 4 aromatic rings. The van der Waals surface area contributed by atoms with Crippen LogP contribution in [0.3, 0.4) is 0 Å². The summed E-state index contributed by atoms with van der Waals surface area (Å²) in [5.41, 5.74) is 13.7. The number of nitrogens with two attached hydrogens (primary N) is 2. The summed E-state index contributed by atoms with van der Waals surface area (Å²) in [6.45, 7) is 14.8. The van der Waals surface area contributed by atoms with Crippen molar-refractivity contribution in [3.05, 3.63) is 25.3 Å². The summed E-state index contributed by atoms with van der Waals surface area (Å²) in [6, 6.07) is 0. The minimum Gasteiger partial charge on any atom is -0.382 e. The van der Waals surface area contributed by atoms with Crippen LogP contribution >= 0.6 is 15.2 Å². The number of nitrogen functional groups attached to an aromatic ring is 2. The van der Waals surface area contributed by atoms with Gasteiger partial charge in [-0.2, -0.15) is 0 Å². The van der Waals surface area contributed by atoms with Crippen LogP contribution in [0.5, 0.6) is 0 Å². The molecule has 0 fully saturated rings. The number of fused-ring (bicyclic) bond motifs is 2. The molecule has 44 heavy (non-hydrogen) atoms. The van der Waals surface area contributed by atoms with Crippen molar-refractivity contribution in [2.45, 2.75) is 60.5 Å². The first-order chi connectivity index (χ1) is 20.8. The van der Waals surface area contributed by atoms with Crippen LogP contribution in [0.25, 0.3) is 22.3 Å². The van der Waals surface area contributed by atoms with E-state index in [1.165, 1.54) is 32.3 Å². The van der Waals surface area contributed by atoms with Crippen molar-refractivity contribution in [1.82, 2.24) is 43.9 Å². The number of hydrogen-bond donors (Lipinski definition) is 4. The van der Waals surface area contributed by atoms with E-state index in [-0.39, 0.29) is 48.6 Å². The van der Waals surface area contributed by atoms with Gasteiger partial charge in [-0.1, -0.05) is 34.6 Å². The Kier molecular flexibility index (Phi) is 12.8. The topological polar surface area (TPSA) is 226 Å². The molecule has 4 aromatic heterocycles. The molecule has 0 saturated carbocycles. The maximum absolute atomic E-state index is 12.6. The fraction of sp³-hybridized carbons (Fsp3) is 0.615. The summed E-state index contributed by atoms with van der Waals surface area (Å²) in [5.74, 6) is 0.404. The summed E-state index contributed by atoms with van der Waals surface area (Å²) in [6.07, 6.45) is 5.89. The molecule has 0 aromatic carbocycles. The second-order valence-corrected chi connectivity index (χ2v) is 15.0. The standard InChI is InChI=1S/C20H30N10O5P2.C6H15N/c1-13(7-29-11-27-15-17(21)23-9-25-19(15)29)3-5-36(31,32)35-37(33,34)6-4-14(2)8-30-12-28-16-18(22)24-10-26-20(16)30;1-4-7(5-2)6-3/h9-14H,3-8H2,1-2H3,(H,31,32)(H,33,34)(H2,21,23,25)(H2,22,24,26);4-6H2,1-3H3/t13-,14-;/m0./s1. The minimum atomic E-state index is -4.30. The molecule has 0 saturated heterocycles. The van der Waals surface area contributed by atoms with E-state index in [4.69, 9.17) is 15.8 Å². The summed E-state index contributed by atoms with van der Waals surface area (Å²) in [4.78, 5) is 47.5.